The van der Waals surface area contributed by atoms with Crippen molar-refractivity contribution >= 4 is 22.7 Å². The van der Waals surface area contributed by atoms with Crippen LogP contribution in [0.4, 0.5) is 5.13 Å². The van der Waals surface area contributed by atoms with Crippen LogP contribution in [-0.4, -0.2) is 38.6 Å². The lowest BCUT2D eigenvalue weighted by Crippen LogP contribution is -2.01. The van der Waals surface area contributed by atoms with Crippen molar-refractivity contribution in [3.8, 4) is 34.3 Å². The van der Waals surface area contributed by atoms with Gasteiger partial charge in [0.1, 0.15) is 0 Å². The summed E-state index contributed by atoms with van der Waals surface area (Å²) in [5.74, 6) is 2.82. The first-order valence-corrected chi connectivity index (χ1v) is 11.4. The molecule has 8 heteroatoms. The molecule has 2 aromatic carbocycles. The van der Waals surface area contributed by atoms with E-state index in [1.807, 2.05) is 48.7 Å². The van der Waals surface area contributed by atoms with Crippen molar-refractivity contribution in [2.24, 2.45) is 5.10 Å². The second kappa shape index (κ2) is 12.0. The van der Waals surface area contributed by atoms with E-state index in [1.54, 1.807) is 20.4 Å². The van der Waals surface area contributed by atoms with Crippen LogP contribution in [0.25, 0.3) is 11.3 Å². The second-order valence-electron chi connectivity index (χ2n) is 6.82. The number of unbranched alkanes of at least 4 members (excludes halogenated alkanes) is 1. The van der Waals surface area contributed by atoms with Gasteiger partial charge in [-0.2, -0.15) is 5.10 Å². The van der Waals surface area contributed by atoms with Gasteiger partial charge in [-0.1, -0.05) is 13.3 Å². The molecule has 0 spiro atoms. The fraction of sp³-hybridized carbons (Fsp3) is 0.333. The van der Waals surface area contributed by atoms with Gasteiger partial charge in [0.25, 0.3) is 0 Å². The van der Waals surface area contributed by atoms with Crippen LogP contribution in [0.5, 0.6) is 23.0 Å². The van der Waals surface area contributed by atoms with Crippen molar-refractivity contribution in [1.82, 2.24) is 4.98 Å². The van der Waals surface area contributed by atoms with Crippen molar-refractivity contribution < 1.29 is 18.9 Å². The number of nitrogens with one attached hydrogen (secondary N) is 1. The highest BCUT2D eigenvalue weighted by Gasteiger charge is 2.09. The number of methoxy groups -OCH3 is 2. The van der Waals surface area contributed by atoms with Crippen LogP contribution in [0.1, 0.15) is 32.3 Å². The quantitative estimate of drug-likeness (QED) is 0.210. The molecule has 3 aromatic rings. The number of ether oxygens (including phenoxy) is 4. The third-order valence-electron chi connectivity index (χ3n) is 4.58. The fourth-order valence-electron chi connectivity index (χ4n) is 2.93. The van der Waals surface area contributed by atoms with E-state index in [2.05, 4.69) is 22.4 Å². The monoisotopic (exact) mass is 455 g/mol. The van der Waals surface area contributed by atoms with Gasteiger partial charge in [0.15, 0.2) is 23.0 Å². The third kappa shape index (κ3) is 6.13. The van der Waals surface area contributed by atoms with Gasteiger partial charge in [-0.3, -0.25) is 5.43 Å². The van der Waals surface area contributed by atoms with Crippen molar-refractivity contribution in [1.29, 1.82) is 0 Å². The molecule has 0 aliphatic rings. The van der Waals surface area contributed by atoms with Crippen LogP contribution in [0.3, 0.4) is 0 Å². The molecule has 0 aliphatic heterocycles. The van der Waals surface area contributed by atoms with Crippen LogP contribution >= 0.6 is 11.3 Å². The number of thiazole rings is 1. The van der Waals surface area contributed by atoms with Crippen molar-refractivity contribution in [3.63, 3.8) is 0 Å². The maximum Gasteiger partial charge on any atom is 0.203 e. The lowest BCUT2D eigenvalue weighted by molar-refractivity contribution is 0.272. The number of hydrazone groups is 1. The number of benzene rings is 2. The summed E-state index contributed by atoms with van der Waals surface area (Å²) >= 11 is 1.48. The van der Waals surface area contributed by atoms with E-state index in [-0.39, 0.29) is 0 Å². The predicted molar refractivity (Wildman–Crippen MR) is 130 cm³/mol. The molecule has 0 saturated carbocycles. The lowest BCUT2D eigenvalue weighted by Gasteiger charge is -2.12. The van der Waals surface area contributed by atoms with Crippen LogP contribution in [-0.2, 0) is 0 Å². The maximum atomic E-state index is 5.82. The Morgan fingerprint density at radius 1 is 0.969 bits per heavy atom. The first-order chi connectivity index (χ1) is 15.7. The number of hydrogen-bond donors (Lipinski definition) is 1. The Morgan fingerprint density at radius 2 is 1.78 bits per heavy atom. The summed E-state index contributed by atoms with van der Waals surface area (Å²) in [5.41, 5.74) is 5.67. The van der Waals surface area contributed by atoms with E-state index in [4.69, 9.17) is 18.9 Å². The summed E-state index contributed by atoms with van der Waals surface area (Å²) in [5, 5.41) is 6.98. The molecule has 0 bridgehead atoms. The van der Waals surface area contributed by atoms with E-state index in [0.717, 1.165) is 41.2 Å². The maximum absolute atomic E-state index is 5.82. The number of nitrogens with zero attached hydrogens (tertiary/aromatic N) is 2. The highest BCUT2D eigenvalue weighted by Crippen LogP contribution is 2.33. The minimum absolute atomic E-state index is 0.570. The zero-order valence-corrected chi connectivity index (χ0v) is 19.7. The Labute approximate surface area is 193 Å². The van der Waals surface area contributed by atoms with Crippen LogP contribution in [0, 0.1) is 0 Å². The number of aromatic nitrogens is 1. The largest absolute Gasteiger partial charge is 0.493 e. The molecule has 7 nitrogen and oxygen atoms in total. The molecule has 0 radical (unpaired) electrons. The SMILES string of the molecule is CCCCOc1ccc(/C=N\Nc2nc(-c3ccc(OC)c(OC)c3)cs2)cc1OCC. The van der Waals surface area contributed by atoms with Gasteiger partial charge in [0, 0.05) is 10.9 Å². The molecule has 0 atom stereocenters. The Hall–Kier alpha value is -3.26. The molecule has 0 fully saturated rings. The highest BCUT2D eigenvalue weighted by molar-refractivity contribution is 7.14. The minimum Gasteiger partial charge on any atom is -0.493 e. The molecule has 0 amide bonds. The summed E-state index contributed by atoms with van der Waals surface area (Å²) in [6, 6.07) is 11.5. The molecule has 3 rings (SSSR count). The van der Waals surface area contributed by atoms with Crippen molar-refractivity contribution in [3.05, 3.63) is 47.3 Å². The topological polar surface area (TPSA) is 74.2 Å². The molecule has 0 unspecified atom stereocenters. The summed E-state index contributed by atoms with van der Waals surface area (Å²) in [7, 11) is 3.23. The van der Waals surface area contributed by atoms with E-state index >= 15 is 0 Å². The Bertz CT molecular complexity index is 1040. The van der Waals surface area contributed by atoms with Crippen LogP contribution < -0.4 is 24.4 Å². The smallest absolute Gasteiger partial charge is 0.203 e. The molecule has 0 saturated heterocycles. The van der Waals surface area contributed by atoms with Gasteiger partial charge in [0.05, 0.1) is 39.3 Å². The highest BCUT2D eigenvalue weighted by atomic mass is 32.1. The minimum atomic E-state index is 0.570. The summed E-state index contributed by atoms with van der Waals surface area (Å²) in [6.07, 6.45) is 3.83. The van der Waals surface area contributed by atoms with Crippen molar-refractivity contribution in [2.45, 2.75) is 26.7 Å². The normalized spacial score (nSPS) is 10.9. The molecule has 1 heterocycles. The molecule has 32 heavy (non-hydrogen) atoms. The summed E-state index contributed by atoms with van der Waals surface area (Å²) in [4.78, 5) is 4.60. The van der Waals surface area contributed by atoms with Gasteiger partial charge in [-0.05, 0) is 55.3 Å². The number of anilines is 1. The molecule has 1 aromatic heterocycles. The van der Waals surface area contributed by atoms with Gasteiger partial charge in [-0.25, -0.2) is 4.98 Å². The van der Waals surface area contributed by atoms with E-state index < -0.39 is 0 Å². The average molecular weight is 456 g/mol. The zero-order valence-electron chi connectivity index (χ0n) is 18.9. The fourth-order valence-corrected chi connectivity index (χ4v) is 3.60. The first kappa shape index (κ1) is 23.4. The van der Waals surface area contributed by atoms with Gasteiger partial charge in [0.2, 0.25) is 5.13 Å². The summed E-state index contributed by atoms with van der Waals surface area (Å²) in [6.45, 7) is 5.34. The van der Waals surface area contributed by atoms with E-state index in [1.165, 1.54) is 11.3 Å². The molecular weight excluding hydrogens is 426 g/mol. The second-order valence-corrected chi connectivity index (χ2v) is 7.68. The Kier molecular flexibility index (Phi) is 8.74. The first-order valence-electron chi connectivity index (χ1n) is 10.5. The average Bonchev–Trinajstić information content (AvgIpc) is 3.29. The lowest BCUT2D eigenvalue weighted by atomic mass is 10.1. The number of hydrogen-bond acceptors (Lipinski definition) is 8. The zero-order chi connectivity index (χ0) is 22.8. The Morgan fingerprint density at radius 3 is 2.53 bits per heavy atom. The third-order valence-corrected chi connectivity index (χ3v) is 5.33. The predicted octanol–water partition coefficient (Wildman–Crippen LogP) is 5.85. The van der Waals surface area contributed by atoms with Crippen LogP contribution in [0.2, 0.25) is 0 Å². The standard InChI is InChI=1S/C24H29N3O4S/c1-5-7-12-31-21-10-8-17(13-23(21)30-6-2)15-25-27-24-26-19(16-32-24)18-9-11-20(28-3)22(14-18)29-4/h8-11,13-16H,5-7,12H2,1-4H3,(H,26,27)/b25-15-. The van der Waals surface area contributed by atoms with Gasteiger partial charge >= 0.3 is 0 Å². The van der Waals surface area contributed by atoms with Gasteiger partial charge in [-0.15, -0.1) is 11.3 Å². The molecule has 1 N–H and O–H groups in total. The molecule has 0 aliphatic carbocycles. The van der Waals surface area contributed by atoms with E-state index in [9.17, 15) is 0 Å². The molecular formula is C24H29N3O4S. The summed E-state index contributed by atoms with van der Waals surface area (Å²) < 4.78 is 22.2. The van der Waals surface area contributed by atoms with E-state index in [0.29, 0.717) is 29.8 Å². The molecule has 170 valence electrons. The number of rotatable bonds is 12. The van der Waals surface area contributed by atoms with Crippen LogP contribution in [0.15, 0.2) is 46.9 Å². The van der Waals surface area contributed by atoms with Crippen molar-refractivity contribution in [2.75, 3.05) is 32.9 Å². The Balaban J connectivity index is 1.66. The van der Waals surface area contributed by atoms with Gasteiger partial charge < -0.3 is 18.9 Å².